The van der Waals surface area contributed by atoms with Crippen LogP contribution in [0.25, 0.3) is 0 Å². The first-order valence-electron chi connectivity index (χ1n) is 3.64. The summed E-state index contributed by atoms with van der Waals surface area (Å²) in [5.41, 5.74) is 0. The Morgan fingerprint density at radius 1 is 1.56 bits per heavy atom. The molecular formula is C7H16N2. The average molecular weight is 128 g/mol. The summed E-state index contributed by atoms with van der Waals surface area (Å²) in [4.78, 5) is 0. The molecule has 0 heterocycles. The zero-order valence-corrected chi connectivity index (χ0v) is 6.30. The molecule has 0 bridgehead atoms. The van der Waals surface area contributed by atoms with Gasteiger partial charge in [-0.15, -0.1) is 0 Å². The van der Waals surface area contributed by atoms with Gasteiger partial charge >= 0.3 is 0 Å². The second kappa shape index (κ2) is 2.67. The zero-order chi connectivity index (χ0) is 6.85. The number of hydrazine groups is 1. The summed E-state index contributed by atoms with van der Waals surface area (Å²) < 4.78 is 0. The predicted molar refractivity (Wildman–Crippen MR) is 38.7 cm³/mol. The van der Waals surface area contributed by atoms with Gasteiger partial charge in [0.25, 0.3) is 0 Å². The largest absolute Gasteiger partial charge is 0.269 e. The highest BCUT2D eigenvalue weighted by atomic mass is 15.4. The number of hydrogen-bond acceptors (Lipinski definition) is 2. The smallest absolute Gasteiger partial charge is 0.0154 e. The van der Waals surface area contributed by atoms with Crippen LogP contribution in [0.3, 0.4) is 0 Å². The highest BCUT2D eigenvalue weighted by Crippen LogP contribution is 2.32. The summed E-state index contributed by atoms with van der Waals surface area (Å²) in [6, 6.07) is 0. The van der Waals surface area contributed by atoms with Crippen LogP contribution >= 0.6 is 0 Å². The Balaban J connectivity index is 2.04. The van der Waals surface area contributed by atoms with Crippen molar-refractivity contribution in [3.63, 3.8) is 0 Å². The minimum atomic E-state index is 0.884. The van der Waals surface area contributed by atoms with Crippen molar-refractivity contribution in [2.45, 2.75) is 19.8 Å². The van der Waals surface area contributed by atoms with E-state index >= 15 is 0 Å². The minimum absolute atomic E-state index is 0.884. The molecule has 2 N–H and O–H groups in total. The van der Waals surface area contributed by atoms with Crippen molar-refractivity contribution >= 4 is 0 Å². The molecule has 54 valence electrons. The lowest BCUT2D eigenvalue weighted by atomic mass is 9.76. The zero-order valence-electron chi connectivity index (χ0n) is 6.30. The normalized spacial score (nSPS) is 34.7. The van der Waals surface area contributed by atoms with Crippen LogP contribution < -0.4 is 5.84 Å². The van der Waals surface area contributed by atoms with Crippen molar-refractivity contribution in [1.82, 2.24) is 5.01 Å². The summed E-state index contributed by atoms with van der Waals surface area (Å²) in [6.45, 7) is 3.37. The first kappa shape index (κ1) is 7.03. The molecule has 9 heavy (non-hydrogen) atoms. The Labute approximate surface area is 57.0 Å². The summed E-state index contributed by atoms with van der Waals surface area (Å²) in [7, 11) is 1.93. The Bertz CT molecular complexity index is 84.9. The molecular weight excluding hydrogens is 112 g/mol. The molecule has 1 aliphatic carbocycles. The maximum absolute atomic E-state index is 5.48. The third-order valence-corrected chi connectivity index (χ3v) is 2.02. The Morgan fingerprint density at radius 2 is 2.11 bits per heavy atom. The number of hydrogen-bond donors (Lipinski definition) is 1. The highest BCUT2D eigenvalue weighted by molar-refractivity contribution is 4.77. The van der Waals surface area contributed by atoms with Gasteiger partial charge in [0.15, 0.2) is 0 Å². The Hall–Kier alpha value is -0.0800. The van der Waals surface area contributed by atoms with Gasteiger partial charge in [0.1, 0.15) is 0 Å². The van der Waals surface area contributed by atoms with Crippen molar-refractivity contribution in [2.24, 2.45) is 17.7 Å². The van der Waals surface area contributed by atoms with Gasteiger partial charge < -0.3 is 0 Å². The Kier molecular flexibility index (Phi) is 2.09. The van der Waals surface area contributed by atoms with Crippen molar-refractivity contribution < 1.29 is 0 Å². The number of nitrogens with two attached hydrogens (primary N) is 1. The molecule has 1 aliphatic rings. The number of rotatable bonds is 2. The van der Waals surface area contributed by atoms with Crippen LogP contribution in [0.5, 0.6) is 0 Å². The van der Waals surface area contributed by atoms with Gasteiger partial charge in [-0.2, -0.15) is 0 Å². The van der Waals surface area contributed by atoms with Crippen molar-refractivity contribution in [2.75, 3.05) is 13.6 Å². The maximum Gasteiger partial charge on any atom is 0.0154 e. The molecule has 1 fully saturated rings. The lowest BCUT2D eigenvalue weighted by Crippen LogP contribution is -2.36. The molecule has 2 nitrogen and oxygen atoms in total. The molecule has 0 spiro atoms. The molecule has 0 atom stereocenters. The minimum Gasteiger partial charge on any atom is -0.269 e. The molecule has 0 unspecified atom stereocenters. The highest BCUT2D eigenvalue weighted by Gasteiger charge is 2.25. The van der Waals surface area contributed by atoms with Crippen LogP contribution in [0.2, 0.25) is 0 Å². The molecule has 0 aromatic heterocycles. The van der Waals surface area contributed by atoms with Crippen LogP contribution in [0.15, 0.2) is 0 Å². The molecule has 0 aliphatic heterocycles. The van der Waals surface area contributed by atoms with Gasteiger partial charge in [-0.1, -0.05) is 6.92 Å². The van der Waals surface area contributed by atoms with Gasteiger partial charge in [-0.25, -0.2) is 5.01 Å². The molecule has 1 saturated carbocycles. The third kappa shape index (κ3) is 1.95. The standard InChI is InChI=1S/C7H16N2/c1-6-3-7(4-6)5-9(2)8/h6-7H,3-5,8H2,1-2H3. The molecule has 0 radical (unpaired) electrons. The van der Waals surface area contributed by atoms with Gasteiger partial charge in [0.2, 0.25) is 0 Å². The molecule has 0 saturated heterocycles. The SMILES string of the molecule is CC1CC(CN(C)N)C1. The van der Waals surface area contributed by atoms with E-state index in [1.807, 2.05) is 7.05 Å². The van der Waals surface area contributed by atoms with Crippen LogP contribution in [-0.4, -0.2) is 18.6 Å². The second-order valence-electron chi connectivity index (χ2n) is 3.38. The van der Waals surface area contributed by atoms with E-state index < -0.39 is 0 Å². The summed E-state index contributed by atoms with van der Waals surface area (Å²) in [5, 5.41) is 1.79. The monoisotopic (exact) mass is 128 g/mol. The van der Waals surface area contributed by atoms with Gasteiger partial charge in [-0.3, -0.25) is 5.84 Å². The van der Waals surface area contributed by atoms with Gasteiger partial charge in [-0.05, 0) is 24.7 Å². The van der Waals surface area contributed by atoms with E-state index in [2.05, 4.69) is 6.92 Å². The molecule has 2 heteroatoms. The van der Waals surface area contributed by atoms with Gasteiger partial charge in [0.05, 0.1) is 0 Å². The van der Waals surface area contributed by atoms with Crippen molar-refractivity contribution in [3.05, 3.63) is 0 Å². The van der Waals surface area contributed by atoms with Crippen LogP contribution in [0, 0.1) is 11.8 Å². The fraction of sp³-hybridized carbons (Fsp3) is 1.00. The first-order chi connectivity index (χ1) is 4.18. The maximum atomic E-state index is 5.48. The summed E-state index contributed by atoms with van der Waals surface area (Å²) in [5.74, 6) is 7.32. The van der Waals surface area contributed by atoms with Crippen LogP contribution in [0.1, 0.15) is 19.8 Å². The van der Waals surface area contributed by atoms with E-state index in [0.29, 0.717) is 0 Å². The van der Waals surface area contributed by atoms with E-state index in [4.69, 9.17) is 5.84 Å². The van der Waals surface area contributed by atoms with E-state index in [9.17, 15) is 0 Å². The van der Waals surface area contributed by atoms with E-state index in [-0.39, 0.29) is 0 Å². The molecule has 0 amide bonds. The van der Waals surface area contributed by atoms with Gasteiger partial charge in [0, 0.05) is 13.6 Å². The molecule has 0 aromatic rings. The first-order valence-corrected chi connectivity index (χ1v) is 3.64. The average Bonchev–Trinajstić information content (AvgIpc) is 1.60. The number of nitrogens with zero attached hydrogens (tertiary/aromatic N) is 1. The molecule has 1 rings (SSSR count). The van der Waals surface area contributed by atoms with Crippen LogP contribution in [0.4, 0.5) is 0 Å². The Morgan fingerprint density at radius 3 is 2.44 bits per heavy atom. The van der Waals surface area contributed by atoms with Crippen LogP contribution in [-0.2, 0) is 0 Å². The van der Waals surface area contributed by atoms with Crippen molar-refractivity contribution in [3.8, 4) is 0 Å². The fourth-order valence-corrected chi connectivity index (χ4v) is 1.63. The lowest BCUT2D eigenvalue weighted by Gasteiger charge is -2.34. The fourth-order valence-electron chi connectivity index (χ4n) is 1.63. The topological polar surface area (TPSA) is 29.3 Å². The third-order valence-electron chi connectivity index (χ3n) is 2.02. The van der Waals surface area contributed by atoms with E-state index in [1.54, 1.807) is 5.01 Å². The predicted octanol–water partition coefficient (Wildman–Crippen LogP) is 0.838. The van der Waals surface area contributed by atoms with E-state index in [0.717, 1.165) is 18.4 Å². The van der Waals surface area contributed by atoms with Crippen molar-refractivity contribution in [1.29, 1.82) is 0 Å². The summed E-state index contributed by atoms with van der Waals surface area (Å²) >= 11 is 0. The molecule has 0 aromatic carbocycles. The lowest BCUT2D eigenvalue weighted by molar-refractivity contribution is 0.152. The second-order valence-corrected chi connectivity index (χ2v) is 3.38. The summed E-state index contributed by atoms with van der Waals surface area (Å²) in [6.07, 6.45) is 2.75. The quantitative estimate of drug-likeness (QED) is 0.441. The van der Waals surface area contributed by atoms with E-state index in [1.165, 1.54) is 12.8 Å².